The van der Waals surface area contributed by atoms with Gasteiger partial charge in [0.25, 0.3) is 0 Å². The van der Waals surface area contributed by atoms with Crippen molar-refractivity contribution in [2.75, 3.05) is 7.11 Å². The lowest BCUT2D eigenvalue weighted by molar-refractivity contribution is 0.0978. The van der Waals surface area contributed by atoms with Crippen LogP contribution in [-0.4, -0.2) is 31.1 Å². The lowest BCUT2D eigenvalue weighted by Gasteiger charge is -2.11. The van der Waals surface area contributed by atoms with Crippen molar-refractivity contribution >= 4 is 24.0 Å². The molecule has 6 nitrogen and oxygen atoms in total. The molecule has 0 bridgehead atoms. The summed E-state index contributed by atoms with van der Waals surface area (Å²) in [5.41, 5.74) is 0.742. The third kappa shape index (κ3) is 6.11. The average Bonchev–Trinajstić information content (AvgIpc) is 2.78. The van der Waals surface area contributed by atoms with E-state index in [0.717, 1.165) is 39.2 Å². The number of Topliss-reactive ketones (excluding diaryl/α,β-unsaturated/α-hetero) is 1. The summed E-state index contributed by atoms with van der Waals surface area (Å²) in [5.74, 6) is -0.643. The van der Waals surface area contributed by atoms with Gasteiger partial charge >= 0.3 is 6.16 Å². The maximum Gasteiger partial charge on any atom is 0.513 e. The van der Waals surface area contributed by atoms with Crippen molar-refractivity contribution in [1.29, 1.82) is 0 Å². The van der Waals surface area contributed by atoms with Crippen LogP contribution in [0, 0.1) is 0 Å². The standard InChI is InChI=1S/C24H26O6/c1-3-4-5-6-7-12-21(26)17-13-14-22(30-24(28)29-2)20(15-17)23(27)19-11-9-8-10-18(19)16-25/h8-11,13-16H,3-7,12H2,1-2H3. The number of methoxy groups -OCH3 is 1. The van der Waals surface area contributed by atoms with Crippen molar-refractivity contribution in [3.63, 3.8) is 0 Å². The fourth-order valence-electron chi connectivity index (χ4n) is 3.09. The number of carbonyl (C=O) groups excluding carboxylic acids is 4. The quantitative estimate of drug-likeness (QED) is 0.162. The van der Waals surface area contributed by atoms with Crippen LogP contribution in [0.2, 0.25) is 0 Å². The van der Waals surface area contributed by atoms with Crippen molar-refractivity contribution in [2.24, 2.45) is 0 Å². The van der Waals surface area contributed by atoms with E-state index in [2.05, 4.69) is 11.7 Å². The molecule has 0 aliphatic rings. The number of benzene rings is 2. The van der Waals surface area contributed by atoms with E-state index in [1.165, 1.54) is 30.3 Å². The number of hydrogen-bond donors (Lipinski definition) is 0. The van der Waals surface area contributed by atoms with E-state index in [4.69, 9.17) is 4.74 Å². The first kappa shape index (κ1) is 23.0. The second kappa shape index (κ2) is 11.7. The van der Waals surface area contributed by atoms with Gasteiger partial charge in [0.05, 0.1) is 12.7 Å². The Kier molecular flexibility index (Phi) is 8.94. The first-order valence-electron chi connectivity index (χ1n) is 10.0. The number of aldehydes is 1. The summed E-state index contributed by atoms with van der Waals surface area (Å²) < 4.78 is 9.60. The monoisotopic (exact) mass is 410 g/mol. The molecule has 0 heterocycles. The number of hydrogen-bond acceptors (Lipinski definition) is 6. The van der Waals surface area contributed by atoms with Crippen LogP contribution < -0.4 is 4.74 Å². The van der Waals surface area contributed by atoms with Gasteiger partial charge in [-0.05, 0) is 24.6 Å². The van der Waals surface area contributed by atoms with Gasteiger partial charge < -0.3 is 9.47 Å². The van der Waals surface area contributed by atoms with Gasteiger partial charge in [-0.3, -0.25) is 14.4 Å². The summed E-state index contributed by atoms with van der Waals surface area (Å²) in [6.07, 6.45) is 5.08. The van der Waals surface area contributed by atoms with Gasteiger partial charge in [-0.15, -0.1) is 0 Å². The highest BCUT2D eigenvalue weighted by molar-refractivity contribution is 6.15. The number of carbonyl (C=O) groups is 4. The summed E-state index contributed by atoms with van der Waals surface area (Å²) in [6.45, 7) is 2.13. The van der Waals surface area contributed by atoms with E-state index in [-0.39, 0.29) is 28.2 Å². The van der Waals surface area contributed by atoms with E-state index in [1.807, 2.05) is 0 Å². The van der Waals surface area contributed by atoms with Gasteiger partial charge in [0.1, 0.15) is 5.75 Å². The predicted molar refractivity (Wildman–Crippen MR) is 112 cm³/mol. The van der Waals surface area contributed by atoms with Crippen LogP contribution >= 0.6 is 0 Å². The van der Waals surface area contributed by atoms with Gasteiger partial charge in [0, 0.05) is 23.1 Å². The minimum absolute atomic E-state index is 0.0199. The van der Waals surface area contributed by atoms with E-state index in [0.29, 0.717) is 18.3 Å². The first-order chi connectivity index (χ1) is 14.5. The Morgan fingerprint density at radius 2 is 1.67 bits per heavy atom. The second-order valence-corrected chi connectivity index (χ2v) is 6.89. The fourth-order valence-corrected chi connectivity index (χ4v) is 3.09. The molecule has 158 valence electrons. The van der Waals surface area contributed by atoms with E-state index >= 15 is 0 Å². The summed E-state index contributed by atoms with van der Waals surface area (Å²) in [5, 5.41) is 0. The smallest absolute Gasteiger partial charge is 0.437 e. The van der Waals surface area contributed by atoms with Gasteiger partial charge in [-0.1, -0.05) is 56.9 Å². The third-order valence-electron chi connectivity index (χ3n) is 4.75. The number of unbranched alkanes of at least 4 members (excludes halogenated alkanes) is 4. The highest BCUT2D eigenvalue weighted by Crippen LogP contribution is 2.26. The SMILES string of the molecule is CCCCCCCC(=O)c1ccc(OC(=O)OC)c(C(=O)c2ccccc2C=O)c1. The first-order valence-corrected chi connectivity index (χ1v) is 10.0. The zero-order valence-corrected chi connectivity index (χ0v) is 17.3. The Bertz CT molecular complexity index is 916. The molecule has 2 aromatic carbocycles. The Morgan fingerprint density at radius 3 is 2.37 bits per heavy atom. The molecule has 2 aromatic rings. The lowest BCUT2D eigenvalue weighted by atomic mass is 9.95. The number of ketones is 2. The summed E-state index contributed by atoms with van der Waals surface area (Å²) in [7, 11) is 1.15. The molecule has 2 rings (SSSR count). The van der Waals surface area contributed by atoms with Crippen LogP contribution in [-0.2, 0) is 4.74 Å². The molecular weight excluding hydrogens is 384 g/mol. The summed E-state index contributed by atoms with van der Waals surface area (Å²) in [6, 6.07) is 10.6. The van der Waals surface area contributed by atoms with Crippen LogP contribution in [0.1, 0.15) is 82.1 Å². The molecule has 0 fully saturated rings. The minimum atomic E-state index is -0.984. The van der Waals surface area contributed by atoms with Crippen LogP contribution in [0.15, 0.2) is 42.5 Å². The Morgan fingerprint density at radius 1 is 0.933 bits per heavy atom. The Hall–Kier alpha value is -3.28. The molecule has 0 unspecified atom stereocenters. The Balaban J connectivity index is 2.33. The molecule has 0 saturated carbocycles. The van der Waals surface area contributed by atoms with E-state index < -0.39 is 11.9 Å². The van der Waals surface area contributed by atoms with Crippen molar-refractivity contribution < 1.29 is 28.7 Å². The zero-order valence-electron chi connectivity index (χ0n) is 17.3. The van der Waals surface area contributed by atoms with Crippen LogP contribution in [0.4, 0.5) is 4.79 Å². The van der Waals surface area contributed by atoms with E-state index in [9.17, 15) is 19.2 Å². The van der Waals surface area contributed by atoms with Crippen LogP contribution in [0.25, 0.3) is 0 Å². The maximum absolute atomic E-state index is 13.1. The molecule has 0 radical (unpaired) electrons. The van der Waals surface area contributed by atoms with Crippen molar-refractivity contribution in [1.82, 2.24) is 0 Å². The maximum atomic E-state index is 13.1. The second-order valence-electron chi connectivity index (χ2n) is 6.89. The van der Waals surface area contributed by atoms with Gasteiger partial charge in [-0.2, -0.15) is 0 Å². The molecule has 0 aliphatic heterocycles. The molecule has 30 heavy (non-hydrogen) atoms. The van der Waals surface area contributed by atoms with Crippen molar-refractivity contribution in [3.8, 4) is 5.75 Å². The largest absolute Gasteiger partial charge is 0.513 e. The normalized spacial score (nSPS) is 10.3. The minimum Gasteiger partial charge on any atom is -0.437 e. The average molecular weight is 410 g/mol. The van der Waals surface area contributed by atoms with Gasteiger partial charge in [0.2, 0.25) is 0 Å². The van der Waals surface area contributed by atoms with Gasteiger partial charge in [-0.25, -0.2) is 4.79 Å². The molecular formula is C24H26O6. The molecule has 0 aromatic heterocycles. The molecule has 0 aliphatic carbocycles. The molecule has 0 spiro atoms. The van der Waals surface area contributed by atoms with Crippen molar-refractivity contribution in [2.45, 2.75) is 45.4 Å². The third-order valence-corrected chi connectivity index (χ3v) is 4.75. The summed E-state index contributed by atoms with van der Waals surface area (Å²) in [4.78, 5) is 48.6. The fraction of sp³-hybridized carbons (Fsp3) is 0.333. The molecule has 6 heteroatoms. The highest BCUT2D eigenvalue weighted by atomic mass is 16.7. The predicted octanol–water partition coefficient (Wildman–Crippen LogP) is 5.42. The molecule has 0 N–H and O–H groups in total. The highest BCUT2D eigenvalue weighted by Gasteiger charge is 2.21. The molecule has 0 atom stereocenters. The number of ether oxygens (including phenoxy) is 2. The molecule has 0 saturated heterocycles. The van der Waals surface area contributed by atoms with Gasteiger partial charge in [0.15, 0.2) is 17.9 Å². The van der Waals surface area contributed by atoms with Crippen LogP contribution in [0.5, 0.6) is 5.75 Å². The summed E-state index contributed by atoms with van der Waals surface area (Å²) >= 11 is 0. The van der Waals surface area contributed by atoms with E-state index in [1.54, 1.807) is 12.1 Å². The van der Waals surface area contributed by atoms with Crippen LogP contribution in [0.3, 0.4) is 0 Å². The lowest BCUT2D eigenvalue weighted by Crippen LogP contribution is -2.13. The topological polar surface area (TPSA) is 86.7 Å². The van der Waals surface area contributed by atoms with Crippen molar-refractivity contribution in [3.05, 3.63) is 64.7 Å². The number of rotatable bonds is 11. The Labute approximate surface area is 176 Å². The zero-order chi connectivity index (χ0) is 21.9. The molecule has 0 amide bonds.